The van der Waals surface area contributed by atoms with Crippen LogP contribution < -0.4 is 10.6 Å². The Bertz CT molecular complexity index is 679. The summed E-state index contributed by atoms with van der Waals surface area (Å²) in [6.45, 7) is 2.40. The van der Waals surface area contributed by atoms with E-state index in [-0.39, 0.29) is 6.03 Å². The first-order valence-electron chi connectivity index (χ1n) is 8.72. The van der Waals surface area contributed by atoms with Gasteiger partial charge in [-0.1, -0.05) is 42.5 Å². The van der Waals surface area contributed by atoms with Crippen molar-refractivity contribution in [3.8, 4) is 0 Å². The van der Waals surface area contributed by atoms with Crippen LogP contribution in [0.3, 0.4) is 0 Å². The fraction of sp³-hybridized carbons (Fsp3) is 0.300. The Kier molecular flexibility index (Phi) is 6.17. The zero-order chi connectivity index (χ0) is 17.3. The smallest absolute Gasteiger partial charge is 0.321 e. The summed E-state index contributed by atoms with van der Waals surface area (Å²) < 4.78 is 0. The first kappa shape index (κ1) is 17.2. The molecule has 25 heavy (non-hydrogen) atoms. The molecule has 2 amide bonds. The lowest BCUT2D eigenvalue weighted by Gasteiger charge is -2.32. The average molecular weight is 336 g/mol. The molecule has 0 unspecified atom stereocenters. The number of carbonyl (C=O) groups is 1. The fourth-order valence-electron chi connectivity index (χ4n) is 2.92. The van der Waals surface area contributed by atoms with Crippen molar-refractivity contribution in [3.05, 3.63) is 66.5 Å². The number of hydrogen-bond acceptors (Lipinski definition) is 3. The molecule has 1 aliphatic rings. The van der Waals surface area contributed by atoms with Crippen molar-refractivity contribution < 1.29 is 4.79 Å². The summed E-state index contributed by atoms with van der Waals surface area (Å²) in [5.41, 5.74) is 2.00. The lowest BCUT2D eigenvalue weighted by atomic mass is 10.1. The second-order valence-corrected chi connectivity index (χ2v) is 6.15. The third kappa shape index (κ3) is 5.43. The highest BCUT2D eigenvalue weighted by atomic mass is 16.2. The molecule has 1 aromatic carbocycles. The van der Waals surface area contributed by atoms with Gasteiger partial charge in [0.25, 0.3) is 0 Å². The van der Waals surface area contributed by atoms with Gasteiger partial charge in [-0.05, 0) is 30.5 Å². The predicted molar refractivity (Wildman–Crippen MR) is 101 cm³/mol. The van der Waals surface area contributed by atoms with Gasteiger partial charge in [-0.25, -0.2) is 4.79 Å². The second-order valence-electron chi connectivity index (χ2n) is 6.15. The number of anilines is 1. The molecule has 5 nitrogen and oxygen atoms in total. The molecular weight excluding hydrogens is 312 g/mol. The number of nitrogens with one attached hydrogen (secondary N) is 2. The Balaban J connectivity index is 1.37. The standard InChI is InChI=1S/C20H24N4O/c25-20(23-19-8-13-21-14-9-19)24-15-10-18(11-16-24)22-12-4-7-17-5-2-1-3-6-17/h1-9,13-14,18,22H,10-12,15-16H2,(H,21,23,25)/b7-4+. The molecule has 2 heterocycles. The van der Waals surface area contributed by atoms with Crippen LogP contribution in [0.15, 0.2) is 60.9 Å². The van der Waals surface area contributed by atoms with Crippen molar-refractivity contribution in [1.29, 1.82) is 0 Å². The first-order chi connectivity index (χ1) is 12.3. The predicted octanol–water partition coefficient (Wildman–Crippen LogP) is 3.38. The summed E-state index contributed by atoms with van der Waals surface area (Å²) in [5, 5.41) is 6.46. The van der Waals surface area contributed by atoms with Gasteiger partial charge in [0.05, 0.1) is 0 Å². The maximum Gasteiger partial charge on any atom is 0.321 e. The Morgan fingerprint density at radius 1 is 1.12 bits per heavy atom. The number of benzene rings is 1. The molecule has 1 fully saturated rings. The van der Waals surface area contributed by atoms with E-state index in [1.165, 1.54) is 5.56 Å². The highest BCUT2D eigenvalue weighted by Gasteiger charge is 2.22. The lowest BCUT2D eigenvalue weighted by molar-refractivity contribution is 0.190. The van der Waals surface area contributed by atoms with Gasteiger partial charge in [0.1, 0.15) is 0 Å². The Labute approximate surface area is 148 Å². The summed E-state index contributed by atoms with van der Waals surface area (Å²) in [4.78, 5) is 18.1. The molecule has 0 atom stereocenters. The molecule has 1 aliphatic heterocycles. The topological polar surface area (TPSA) is 57.3 Å². The van der Waals surface area contributed by atoms with Gasteiger partial charge in [0.15, 0.2) is 0 Å². The number of piperidine rings is 1. The molecule has 130 valence electrons. The van der Waals surface area contributed by atoms with Crippen molar-refractivity contribution in [2.75, 3.05) is 25.0 Å². The third-order valence-corrected chi connectivity index (χ3v) is 4.35. The molecule has 0 spiro atoms. The van der Waals surface area contributed by atoms with Crippen LogP contribution in [-0.2, 0) is 0 Å². The summed E-state index contributed by atoms with van der Waals surface area (Å²) in [6, 6.07) is 14.3. The molecule has 5 heteroatoms. The molecule has 1 saturated heterocycles. The largest absolute Gasteiger partial charge is 0.324 e. The molecule has 0 aliphatic carbocycles. The van der Waals surface area contributed by atoms with Gasteiger partial charge in [0, 0.05) is 43.8 Å². The van der Waals surface area contributed by atoms with Gasteiger partial charge in [-0.3, -0.25) is 4.98 Å². The number of likely N-dealkylation sites (tertiary alicyclic amines) is 1. The zero-order valence-corrected chi connectivity index (χ0v) is 14.3. The highest BCUT2D eigenvalue weighted by Crippen LogP contribution is 2.13. The van der Waals surface area contributed by atoms with E-state index in [9.17, 15) is 4.79 Å². The van der Waals surface area contributed by atoms with Gasteiger partial charge < -0.3 is 15.5 Å². The minimum atomic E-state index is -0.0337. The van der Waals surface area contributed by atoms with Crippen LogP contribution in [-0.4, -0.2) is 41.6 Å². The number of hydrogen-bond donors (Lipinski definition) is 2. The summed E-state index contributed by atoms with van der Waals surface area (Å²) in [7, 11) is 0. The molecule has 0 saturated carbocycles. The molecule has 3 rings (SSSR count). The SMILES string of the molecule is O=C(Nc1ccncc1)N1CCC(NC/C=C/c2ccccc2)CC1. The van der Waals surface area contributed by atoms with E-state index in [0.717, 1.165) is 38.2 Å². The van der Waals surface area contributed by atoms with Crippen LogP contribution in [0.4, 0.5) is 10.5 Å². The van der Waals surface area contributed by atoms with E-state index >= 15 is 0 Å². The average Bonchev–Trinajstić information content (AvgIpc) is 2.67. The van der Waals surface area contributed by atoms with Crippen LogP contribution in [0.25, 0.3) is 6.08 Å². The molecule has 0 radical (unpaired) electrons. The van der Waals surface area contributed by atoms with Gasteiger partial charge in [0.2, 0.25) is 0 Å². The fourth-order valence-corrected chi connectivity index (χ4v) is 2.92. The van der Waals surface area contributed by atoms with Gasteiger partial charge in [-0.15, -0.1) is 0 Å². The van der Waals surface area contributed by atoms with E-state index in [1.807, 2.05) is 23.1 Å². The monoisotopic (exact) mass is 336 g/mol. The number of rotatable bonds is 5. The van der Waals surface area contributed by atoms with Crippen molar-refractivity contribution >= 4 is 17.8 Å². The van der Waals surface area contributed by atoms with E-state index in [2.05, 4.69) is 39.9 Å². The van der Waals surface area contributed by atoms with Crippen LogP contribution in [0.1, 0.15) is 18.4 Å². The van der Waals surface area contributed by atoms with E-state index in [4.69, 9.17) is 0 Å². The van der Waals surface area contributed by atoms with Crippen LogP contribution in [0.2, 0.25) is 0 Å². The van der Waals surface area contributed by atoms with Crippen LogP contribution in [0.5, 0.6) is 0 Å². The Morgan fingerprint density at radius 2 is 1.84 bits per heavy atom. The maximum atomic E-state index is 12.3. The summed E-state index contributed by atoms with van der Waals surface area (Å²) in [6.07, 6.45) is 9.58. The Morgan fingerprint density at radius 3 is 2.56 bits per heavy atom. The van der Waals surface area contributed by atoms with E-state index in [0.29, 0.717) is 6.04 Å². The summed E-state index contributed by atoms with van der Waals surface area (Å²) in [5.74, 6) is 0. The minimum Gasteiger partial charge on any atom is -0.324 e. The second kappa shape index (κ2) is 8.99. The van der Waals surface area contributed by atoms with Crippen molar-refractivity contribution in [3.63, 3.8) is 0 Å². The number of pyridine rings is 1. The minimum absolute atomic E-state index is 0.0337. The molecule has 2 N–H and O–H groups in total. The number of amides is 2. The molecule has 0 bridgehead atoms. The number of urea groups is 1. The van der Waals surface area contributed by atoms with Gasteiger partial charge in [-0.2, -0.15) is 0 Å². The quantitative estimate of drug-likeness (QED) is 0.880. The van der Waals surface area contributed by atoms with Crippen molar-refractivity contribution in [1.82, 2.24) is 15.2 Å². The lowest BCUT2D eigenvalue weighted by Crippen LogP contribution is -2.46. The van der Waals surface area contributed by atoms with Crippen LogP contribution in [0, 0.1) is 0 Å². The molecule has 1 aromatic heterocycles. The molecule has 2 aromatic rings. The van der Waals surface area contributed by atoms with Gasteiger partial charge >= 0.3 is 6.03 Å². The Hall–Kier alpha value is -2.66. The highest BCUT2D eigenvalue weighted by molar-refractivity contribution is 5.89. The first-order valence-corrected chi connectivity index (χ1v) is 8.72. The summed E-state index contributed by atoms with van der Waals surface area (Å²) >= 11 is 0. The van der Waals surface area contributed by atoms with Crippen LogP contribution >= 0.6 is 0 Å². The molecular formula is C20H24N4O. The normalized spacial score (nSPS) is 15.4. The van der Waals surface area contributed by atoms with Crippen molar-refractivity contribution in [2.45, 2.75) is 18.9 Å². The zero-order valence-electron chi connectivity index (χ0n) is 14.3. The van der Waals surface area contributed by atoms with E-state index < -0.39 is 0 Å². The number of aromatic nitrogens is 1. The number of nitrogens with zero attached hydrogens (tertiary/aromatic N) is 2. The maximum absolute atomic E-state index is 12.3. The van der Waals surface area contributed by atoms with Crippen molar-refractivity contribution in [2.24, 2.45) is 0 Å². The third-order valence-electron chi connectivity index (χ3n) is 4.35. The number of carbonyl (C=O) groups excluding carboxylic acids is 1. The van der Waals surface area contributed by atoms with E-state index in [1.54, 1.807) is 24.5 Å².